The first kappa shape index (κ1) is 15.7. The van der Waals surface area contributed by atoms with E-state index in [0.717, 1.165) is 28.8 Å². The Morgan fingerprint density at radius 1 is 1.35 bits per heavy atom. The van der Waals surface area contributed by atoms with Gasteiger partial charge in [-0.3, -0.25) is 14.5 Å². The Morgan fingerprint density at radius 3 is 2.78 bits per heavy atom. The standard InChI is InChI=1S/C17H22N4O2/c1-10-7-15(18-8-11(10)2)17(22)19-14-5-6-23-16(14)13-9-21(4)20-12(13)3/h7-9,14,16H,5-6H2,1-4H3,(H,19,22)/t14-,16+/m1/s1. The highest BCUT2D eigenvalue weighted by molar-refractivity contribution is 5.92. The Balaban J connectivity index is 1.77. The molecule has 3 rings (SSSR count). The molecule has 122 valence electrons. The van der Waals surface area contributed by atoms with E-state index in [1.54, 1.807) is 10.9 Å². The van der Waals surface area contributed by atoms with Crippen LogP contribution in [-0.2, 0) is 11.8 Å². The summed E-state index contributed by atoms with van der Waals surface area (Å²) in [5.74, 6) is -0.157. The van der Waals surface area contributed by atoms with Gasteiger partial charge in [0.05, 0.1) is 11.7 Å². The van der Waals surface area contributed by atoms with Gasteiger partial charge in [-0.1, -0.05) is 0 Å². The lowest BCUT2D eigenvalue weighted by atomic mass is 10.0. The molecular weight excluding hydrogens is 292 g/mol. The van der Waals surface area contributed by atoms with E-state index in [4.69, 9.17) is 4.74 Å². The van der Waals surface area contributed by atoms with Crippen LogP contribution in [0.3, 0.4) is 0 Å². The van der Waals surface area contributed by atoms with E-state index in [0.29, 0.717) is 12.3 Å². The van der Waals surface area contributed by atoms with Crippen LogP contribution in [0.1, 0.15) is 45.4 Å². The minimum atomic E-state index is -0.157. The molecule has 6 nitrogen and oxygen atoms in total. The third kappa shape index (κ3) is 3.12. The van der Waals surface area contributed by atoms with Gasteiger partial charge in [0, 0.05) is 31.6 Å². The molecule has 1 aliphatic heterocycles. The monoisotopic (exact) mass is 314 g/mol. The predicted octanol–water partition coefficient (Wildman–Crippen LogP) is 2.00. The van der Waals surface area contributed by atoms with Gasteiger partial charge in [0.25, 0.3) is 5.91 Å². The first-order valence-corrected chi connectivity index (χ1v) is 7.81. The molecule has 1 amide bonds. The second-order valence-electron chi connectivity index (χ2n) is 6.16. The highest BCUT2D eigenvalue weighted by atomic mass is 16.5. The number of carbonyl (C=O) groups is 1. The second-order valence-corrected chi connectivity index (χ2v) is 6.16. The molecule has 0 bridgehead atoms. The maximum Gasteiger partial charge on any atom is 0.270 e. The number of pyridine rings is 1. The molecule has 1 fully saturated rings. The lowest BCUT2D eigenvalue weighted by Gasteiger charge is -2.19. The Bertz CT molecular complexity index is 738. The van der Waals surface area contributed by atoms with E-state index >= 15 is 0 Å². The molecule has 1 aliphatic rings. The fourth-order valence-corrected chi connectivity index (χ4v) is 2.93. The Kier molecular flexibility index (Phi) is 4.17. The smallest absolute Gasteiger partial charge is 0.270 e. The van der Waals surface area contributed by atoms with Crippen LogP contribution in [0.4, 0.5) is 0 Å². The summed E-state index contributed by atoms with van der Waals surface area (Å²) in [5, 5.41) is 7.42. The summed E-state index contributed by atoms with van der Waals surface area (Å²) in [6, 6.07) is 1.76. The molecule has 3 heterocycles. The summed E-state index contributed by atoms with van der Waals surface area (Å²) in [6.07, 6.45) is 4.33. The fraction of sp³-hybridized carbons (Fsp3) is 0.471. The van der Waals surface area contributed by atoms with Gasteiger partial charge >= 0.3 is 0 Å². The minimum absolute atomic E-state index is 0.0613. The van der Waals surface area contributed by atoms with Gasteiger partial charge in [-0.2, -0.15) is 5.10 Å². The third-order valence-electron chi connectivity index (χ3n) is 4.37. The number of carbonyl (C=O) groups excluding carboxylic acids is 1. The fourth-order valence-electron chi connectivity index (χ4n) is 2.93. The van der Waals surface area contributed by atoms with Crippen LogP contribution in [-0.4, -0.2) is 33.3 Å². The summed E-state index contributed by atoms with van der Waals surface area (Å²) in [7, 11) is 1.89. The van der Waals surface area contributed by atoms with Crippen molar-refractivity contribution in [2.45, 2.75) is 39.3 Å². The van der Waals surface area contributed by atoms with Crippen molar-refractivity contribution in [3.63, 3.8) is 0 Å². The zero-order chi connectivity index (χ0) is 16.6. The molecule has 0 aliphatic carbocycles. The van der Waals surface area contributed by atoms with Crippen molar-refractivity contribution in [3.05, 3.63) is 46.5 Å². The van der Waals surface area contributed by atoms with Gasteiger partial charge in [0.1, 0.15) is 11.8 Å². The molecule has 2 aromatic rings. The van der Waals surface area contributed by atoms with Crippen molar-refractivity contribution in [1.82, 2.24) is 20.1 Å². The number of hydrogen-bond donors (Lipinski definition) is 1. The largest absolute Gasteiger partial charge is 0.371 e. The molecular formula is C17H22N4O2. The average molecular weight is 314 g/mol. The number of aryl methyl sites for hydroxylation is 4. The molecule has 2 aromatic heterocycles. The molecule has 0 aromatic carbocycles. The number of rotatable bonds is 3. The molecule has 2 atom stereocenters. The predicted molar refractivity (Wildman–Crippen MR) is 86.2 cm³/mol. The van der Waals surface area contributed by atoms with Crippen molar-refractivity contribution in [1.29, 1.82) is 0 Å². The van der Waals surface area contributed by atoms with Gasteiger partial charge in [-0.05, 0) is 44.4 Å². The zero-order valence-electron chi connectivity index (χ0n) is 14.0. The van der Waals surface area contributed by atoms with Crippen LogP contribution in [0.5, 0.6) is 0 Å². The molecule has 1 saturated heterocycles. The van der Waals surface area contributed by atoms with E-state index in [1.165, 1.54) is 0 Å². The van der Waals surface area contributed by atoms with Crippen LogP contribution < -0.4 is 5.32 Å². The summed E-state index contributed by atoms with van der Waals surface area (Å²) in [6.45, 7) is 6.55. The third-order valence-corrected chi connectivity index (χ3v) is 4.37. The highest BCUT2D eigenvalue weighted by Crippen LogP contribution is 2.30. The van der Waals surface area contributed by atoms with E-state index in [9.17, 15) is 4.79 Å². The molecule has 6 heteroatoms. The van der Waals surface area contributed by atoms with E-state index in [2.05, 4.69) is 15.4 Å². The van der Waals surface area contributed by atoms with Crippen molar-refractivity contribution in [2.75, 3.05) is 6.61 Å². The maximum absolute atomic E-state index is 12.5. The number of nitrogens with one attached hydrogen (secondary N) is 1. The van der Waals surface area contributed by atoms with Gasteiger partial charge in [-0.25, -0.2) is 0 Å². The van der Waals surface area contributed by atoms with Crippen LogP contribution >= 0.6 is 0 Å². The number of hydrogen-bond acceptors (Lipinski definition) is 4. The lowest BCUT2D eigenvalue weighted by molar-refractivity contribution is 0.0815. The normalized spacial score (nSPS) is 20.7. The van der Waals surface area contributed by atoms with Crippen LogP contribution in [0.15, 0.2) is 18.5 Å². The summed E-state index contributed by atoms with van der Waals surface area (Å²) >= 11 is 0. The van der Waals surface area contributed by atoms with E-state index in [1.807, 2.05) is 40.1 Å². The van der Waals surface area contributed by atoms with E-state index < -0.39 is 0 Å². The van der Waals surface area contributed by atoms with Gasteiger partial charge in [0.2, 0.25) is 0 Å². The first-order valence-electron chi connectivity index (χ1n) is 7.81. The summed E-state index contributed by atoms with van der Waals surface area (Å²) in [4.78, 5) is 16.7. The zero-order valence-corrected chi connectivity index (χ0v) is 14.0. The molecule has 0 unspecified atom stereocenters. The number of aromatic nitrogens is 3. The number of amides is 1. The van der Waals surface area contributed by atoms with Crippen LogP contribution in [0, 0.1) is 20.8 Å². The van der Waals surface area contributed by atoms with Gasteiger partial charge < -0.3 is 10.1 Å². The molecule has 0 spiro atoms. The van der Waals surface area contributed by atoms with Crippen molar-refractivity contribution in [2.24, 2.45) is 7.05 Å². The first-order chi connectivity index (χ1) is 11.0. The van der Waals surface area contributed by atoms with Crippen LogP contribution in [0.25, 0.3) is 0 Å². The number of ether oxygens (including phenoxy) is 1. The Labute approximate surface area is 135 Å². The number of nitrogens with zero attached hydrogens (tertiary/aromatic N) is 3. The van der Waals surface area contributed by atoms with Crippen molar-refractivity contribution in [3.8, 4) is 0 Å². The minimum Gasteiger partial charge on any atom is -0.371 e. The maximum atomic E-state index is 12.5. The lowest BCUT2D eigenvalue weighted by Crippen LogP contribution is -2.37. The highest BCUT2D eigenvalue weighted by Gasteiger charge is 2.33. The summed E-state index contributed by atoms with van der Waals surface area (Å²) in [5.41, 5.74) is 4.55. The Morgan fingerprint density at radius 2 is 2.13 bits per heavy atom. The van der Waals surface area contributed by atoms with Gasteiger partial charge in [0.15, 0.2) is 0 Å². The second kappa shape index (κ2) is 6.12. The van der Waals surface area contributed by atoms with Crippen molar-refractivity contribution < 1.29 is 9.53 Å². The SMILES string of the molecule is Cc1cnc(C(=O)N[C@@H]2CCO[C@H]2c2cn(C)nc2C)cc1C. The quantitative estimate of drug-likeness (QED) is 0.941. The topological polar surface area (TPSA) is 69.0 Å². The average Bonchev–Trinajstić information content (AvgIpc) is 3.07. The Hall–Kier alpha value is -2.21. The molecule has 23 heavy (non-hydrogen) atoms. The van der Waals surface area contributed by atoms with E-state index in [-0.39, 0.29) is 18.1 Å². The molecule has 0 radical (unpaired) electrons. The molecule has 1 N–H and O–H groups in total. The summed E-state index contributed by atoms with van der Waals surface area (Å²) < 4.78 is 7.61. The van der Waals surface area contributed by atoms with Crippen molar-refractivity contribution >= 4 is 5.91 Å². The van der Waals surface area contributed by atoms with Crippen LogP contribution in [0.2, 0.25) is 0 Å². The van der Waals surface area contributed by atoms with Gasteiger partial charge in [-0.15, -0.1) is 0 Å². The molecule has 0 saturated carbocycles.